The van der Waals surface area contributed by atoms with Crippen LogP contribution in [-0.4, -0.2) is 66.5 Å². The molecule has 1 saturated carbocycles. The molecule has 2 aliphatic heterocycles. The summed E-state index contributed by atoms with van der Waals surface area (Å²) in [5.74, 6) is 1.50. The Morgan fingerprint density at radius 2 is 1.76 bits per heavy atom. The average molecular weight is 422 g/mol. The number of carbonyl (C=O) groups excluding carboxylic acids is 2. The van der Waals surface area contributed by atoms with Gasteiger partial charge in [-0.3, -0.25) is 9.59 Å². The van der Waals surface area contributed by atoms with Crippen LogP contribution >= 0.6 is 12.4 Å². The van der Waals surface area contributed by atoms with Crippen molar-refractivity contribution < 1.29 is 14.3 Å². The highest BCUT2D eigenvalue weighted by Crippen LogP contribution is 2.33. The number of halogens is 1. The summed E-state index contributed by atoms with van der Waals surface area (Å²) in [5.41, 5.74) is 0.602. The molecule has 3 aliphatic rings. The number of carbonyl (C=O) groups is 2. The fourth-order valence-electron chi connectivity index (χ4n) is 4.96. The molecule has 6 nitrogen and oxygen atoms in total. The van der Waals surface area contributed by atoms with Crippen LogP contribution in [0, 0.1) is 5.92 Å². The minimum absolute atomic E-state index is 0. The maximum Gasteiger partial charge on any atom is 0.257 e. The Morgan fingerprint density at radius 3 is 2.48 bits per heavy atom. The van der Waals surface area contributed by atoms with Crippen molar-refractivity contribution in [2.45, 2.75) is 51.1 Å². The topological polar surface area (TPSA) is 61.9 Å². The first-order chi connectivity index (χ1) is 13.7. The molecule has 7 heteroatoms. The quantitative estimate of drug-likeness (QED) is 0.811. The zero-order chi connectivity index (χ0) is 19.5. The summed E-state index contributed by atoms with van der Waals surface area (Å²) in [6.45, 7) is 4.81. The van der Waals surface area contributed by atoms with Gasteiger partial charge in [0.25, 0.3) is 5.91 Å². The number of rotatable bonds is 4. The summed E-state index contributed by atoms with van der Waals surface area (Å²) in [7, 11) is 0. The lowest BCUT2D eigenvalue weighted by Gasteiger charge is -2.36. The summed E-state index contributed by atoms with van der Waals surface area (Å²) < 4.78 is 5.60. The lowest BCUT2D eigenvalue weighted by Crippen LogP contribution is -2.54. The lowest BCUT2D eigenvalue weighted by molar-refractivity contribution is -0.134. The fourth-order valence-corrected chi connectivity index (χ4v) is 4.96. The molecule has 160 valence electrons. The molecule has 1 aromatic carbocycles. The molecule has 3 unspecified atom stereocenters. The number of nitrogens with one attached hydrogen (secondary N) is 1. The van der Waals surface area contributed by atoms with E-state index in [-0.39, 0.29) is 30.3 Å². The average Bonchev–Trinajstić information content (AvgIpc) is 3.18. The van der Waals surface area contributed by atoms with Gasteiger partial charge in [-0.05, 0) is 44.2 Å². The Labute approximate surface area is 179 Å². The molecular formula is C22H32ClN3O3. The van der Waals surface area contributed by atoms with Gasteiger partial charge in [-0.2, -0.15) is 0 Å². The van der Waals surface area contributed by atoms with Gasteiger partial charge in [-0.25, -0.2) is 0 Å². The van der Waals surface area contributed by atoms with Gasteiger partial charge >= 0.3 is 0 Å². The normalized spacial score (nSPS) is 26.4. The van der Waals surface area contributed by atoms with Crippen LogP contribution in [0.5, 0.6) is 5.75 Å². The van der Waals surface area contributed by atoms with Gasteiger partial charge in [0.1, 0.15) is 5.75 Å². The van der Waals surface area contributed by atoms with E-state index in [0.29, 0.717) is 56.1 Å². The van der Waals surface area contributed by atoms with Gasteiger partial charge in [0, 0.05) is 32.2 Å². The van der Waals surface area contributed by atoms with Crippen LogP contribution in [0.15, 0.2) is 24.3 Å². The van der Waals surface area contributed by atoms with E-state index in [4.69, 9.17) is 4.74 Å². The smallest absolute Gasteiger partial charge is 0.257 e. The Kier molecular flexibility index (Phi) is 7.41. The minimum Gasteiger partial charge on any atom is -0.493 e. The van der Waals surface area contributed by atoms with E-state index in [1.807, 2.05) is 41.0 Å². The van der Waals surface area contributed by atoms with E-state index in [9.17, 15) is 9.59 Å². The van der Waals surface area contributed by atoms with E-state index >= 15 is 0 Å². The molecular weight excluding hydrogens is 390 g/mol. The highest BCUT2D eigenvalue weighted by atomic mass is 35.5. The van der Waals surface area contributed by atoms with Gasteiger partial charge < -0.3 is 19.9 Å². The van der Waals surface area contributed by atoms with Gasteiger partial charge in [0.2, 0.25) is 5.91 Å². The molecule has 4 rings (SSSR count). The zero-order valence-corrected chi connectivity index (χ0v) is 18.0. The predicted octanol–water partition coefficient (Wildman–Crippen LogP) is 2.71. The van der Waals surface area contributed by atoms with Gasteiger partial charge in [0.05, 0.1) is 18.2 Å². The Morgan fingerprint density at radius 1 is 1.07 bits per heavy atom. The second-order valence-electron chi connectivity index (χ2n) is 8.15. The van der Waals surface area contributed by atoms with Crippen LogP contribution in [-0.2, 0) is 4.79 Å². The van der Waals surface area contributed by atoms with Crippen molar-refractivity contribution in [3.63, 3.8) is 0 Å². The summed E-state index contributed by atoms with van der Waals surface area (Å²) in [6.07, 6.45) is 6.01. The van der Waals surface area contributed by atoms with Gasteiger partial charge in [0.15, 0.2) is 0 Å². The number of fused-ring (bicyclic) bond motifs is 1. The van der Waals surface area contributed by atoms with Crippen molar-refractivity contribution in [1.29, 1.82) is 0 Å². The van der Waals surface area contributed by atoms with E-state index in [1.54, 1.807) is 0 Å². The number of ether oxygens (including phenoxy) is 1. The number of para-hydroxylation sites is 1. The maximum atomic E-state index is 13.0. The second-order valence-corrected chi connectivity index (χ2v) is 8.15. The molecule has 0 bridgehead atoms. The highest BCUT2D eigenvalue weighted by Gasteiger charge is 2.40. The largest absolute Gasteiger partial charge is 0.493 e. The van der Waals surface area contributed by atoms with Crippen LogP contribution in [0.1, 0.15) is 49.4 Å². The zero-order valence-electron chi connectivity index (χ0n) is 17.1. The highest BCUT2D eigenvalue weighted by molar-refractivity contribution is 5.97. The van der Waals surface area contributed by atoms with Crippen LogP contribution in [0.3, 0.4) is 0 Å². The molecule has 0 spiro atoms. The van der Waals surface area contributed by atoms with Gasteiger partial charge in [-0.15, -0.1) is 12.4 Å². The molecule has 2 amide bonds. The van der Waals surface area contributed by atoms with Crippen molar-refractivity contribution in [2.24, 2.45) is 5.92 Å². The van der Waals surface area contributed by atoms with Crippen LogP contribution in [0.4, 0.5) is 0 Å². The van der Waals surface area contributed by atoms with Gasteiger partial charge in [-0.1, -0.05) is 25.0 Å². The summed E-state index contributed by atoms with van der Waals surface area (Å²) in [5, 5.41) is 3.58. The SMILES string of the molecule is CCOc1ccccc1C(=O)N1CCN(C(=O)C2CC3CCCCC3N2)CC1.Cl. The molecule has 29 heavy (non-hydrogen) atoms. The van der Waals surface area contributed by atoms with E-state index in [1.165, 1.54) is 25.7 Å². The van der Waals surface area contributed by atoms with Crippen molar-refractivity contribution in [3.05, 3.63) is 29.8 Å². The maximum absolute atomic E-state index is 13.0. The monoisotopic (exact) mass is 421 g/mol. The van der Waals surface area contributed by atoms with Crippen LogP contribution in [0.2, 0.25) is 0 Å². The number of amides is 2. The minimum atomic E-state index is -0.0333. The molecule has 1 N–H and O–H groups in total. The van der Waals surface area contributed by atoms with Crippen molar-refractivity contribution in [1.82, 2.24) is 15.1 Å². The lowest BCUT2D eigenvalue weighted by atomic mass is 9.85. The van der Waals surface area contributed by atoms with E-state index in [2.05, 4.69) is 5.32 Å². The third-order valence-electron chi connectivity index (χ3n) is 6.46. The third-order valence-corrected chi connectivity index (χ3v) is 6.46. The van der Waals surface area contributed by atoms with E-state index in [0.717, 1.165) is 6.42 Å². The number of piperazine rings is 1. The first-order valence-electron chi connectivity index (χ1n) is 10.7. The first-order valence-corrected chi connectivity index (χ1v) is 10.7. The Balaban J connectivity index is 0.00000240. The van der Waals surface area contributed by atoms with Crippen molar-refractivity contribution >= 4 is 24.2 Å². The predicted molar refractivity (Wildman–Crippen MR) is 115 cm³/mol. The molecule has 2 saturated heterocycles. The standard InChI is InChI=1S/C22H31N3O3.ClH/c1-2-28-20-10-6-4-8-17(20)21(26)24-11-13-25(14-12-24)22(27)19-15-16-7-3-5-9-18(16)23-19;/h4,6,8,10,16,18-19,23H,2-3,5,7,9,11-15H2,1H3;1H. The number of benzene rings is 1. The molecule has 2 heterocycles. The Hall–Kier alpha value is -1.79. The van der Waals surface area contributed by atoms with Crippen molar-refractivity contribution in [3.8, 4) is 5.75 Å². The number of nitrogens with zero attached hydrogens (tertiary/aromatic N) is 2. The number of hydrogen-bond donors (Lipinski definition) is 1. The molecule has 0 radical (unpaired) electrons. The van der Waals surface area contributed by atoms with Crippen molar-refractivity contribution in [2.75, 3.05) is 32.8 Å². The molecule has 1 aliphatic carbocycles. The molecule has 3 atom stereocenters. The van der Waals surface area contributed by atoms with Crippen LogP contribution < -0.4 is 10.1 Å². The molecule has 0 aromatic heterocycles. The van der Waals surface area contributed by atoms with E-state index < -0.39 is 0 Å². The van der Waals surface area contributed by atoms with Crippen LogP contribution in [0.25, 0.3) is 0 Å². The first kappa shape index (κ1) is 21.9. The second kappa shape index (κ2) is 9.81. The Bertz CT molecular complexity index is 707. The summed E-state index contributed by atoms with van der Waals surface area (Å²) in [4.78, 5) is 29.7. The summed E-state index contributed by atoms with van der Waals surface area (Å²) >= 11 is 0. The molecule has 3 fully saturated rings. The summed E-state index contributed by atoms with van der Waals surface area (Å²) in [6, 6.07) is 7.89. The molecule has 1 aromatic rings. The third kappa shape index (κ3) is 4.69. The fraction of sp³-hybridized carbons (Fsp3) is 0.636. The number of hydrogen-bond acceptors (Lipinski definition) is 4.